The second-order valence-corrected chi connectivity index (χ2v) is 7.51. The fourth-order valence-corrected chi connectivity index (χ4v) is 3.46. The predicted molar refractivity (Wildman–Crippen MR) is 111 cm³/mol. The minimum Gasteiger partial charge on any atom is -0.497 e. The van der Waals surface area contributed by atoms with Crippen LogP contribution in [0.3, 0.4) is 0 Å². The third-order valence-corrected chi connectivity index (χ3v) is 4.96. The molecule has 3 N–H and O–H groups in total. The van der Waals surface area contributed by atoms with Crippen LogP contribution < -0.4 is 20.7 Å². The van der Waals surface area contributed by atoms with E-state index in [0.717, 1.165) is 0 Å². The van der Waals surface area contributed by atoms with Gasteiger partial charge in [0, 0.05) is 31.2 Å². The van der Waals surface area contributed by atoms with E-state index in [1.54, 1.807) is 36.3 Å². The summed E-state index contributed by atoms with van der Waals surface area (Å²) < 4.78 is 5.18. The lowest BCUT2D eigenvalue weighted by Gasteiger charge is -2.36. The number of amides is 4. The van der Waals surface area contributed by atoms with Gasteiger partial charge in [0.2, 0.25) is 5.91 Å². The summed E-state index contributed by atoms with van der Waals surface area (Å²) >= 11 is 0. The molecule has 1 aromatic rings. The first kappa shape index (κ1) is 22.5. The van der Waals surface area contributed by atoms with Gasteiger partial charge in [-0.1, -0.05) is 6.07 Å². The molecule has 1 aromatic carbocycles. The summed E-state index contributed by atoms with van der Waals surface area (Å²) in [5.74, 6) is 0.0109. The number of piperidine rings is 1. The van der Waals surface area contributed by atoms with Crippen molar-refractivity contribution in [2.75, 3.05) is 26.7 Å². The number of nitrogens with zero attached hydrogens (tertiary/aromatic N) is 1. The number of hydrogen-bond acceptors (Lipinski definition) is 4. The van der Waals surface area contributed by atoms with Crippen molar-refractivity contribution in [3.8, 4) is 5.75 Å². The summed E-state index contributed by atoms with van der Waals surface area (Å²) in [5, 5.41) is 8.60. The molecule has 0 radical (unpaired) electrons. The third kappa shape index (κ3) is 6.37. The first-order valence-corrected chi connectivity index (χ1v) is 10.1. The van der Waals surface area contributed by atoms with Crippen LogP contribution in [0.1, 0.15) is 44.0 Å². The Morgan fingerprint density at radius 2 is 1.86 bits per heavy atom. The number of benzene rings is 1. The fraction of sp³-hybridized carbons (Fsp3) is 0.571. The first-order valence-electron chi connectivity index (χ1n) is 10.1. The summed E-state index contributed by atoms with van der Waals surface area (Å²) in [5.41, 5.74) is 0.437. The lowest BCUT2D eigenvalue weighted by Crippen LogP contribution is -2.55. The van der Waals surface area contributed by atoms with Gasteiger partial charge in [-0.05, 0) is 57.7 Å². The van der Waals surface area contributed by atoms with Crippen LogP contribution in [0.2, 0.25) is 0 Å². The maximum Gasteiger partial charge on any atom is 0.317 e. The van der Waals surface area contributed by atoms with Gasteiger partial charge in [-0.2, -0.15) is 0 Å². The van der Waals surface area contributed by atoms with Crippen LogP contribution in [0.15, 0.2) is 24.3 Å². The average molecular weight is 405 g/mol. The van der Waals surface area contributed by atoms with Gasteiger partial charge in [0.25, 0.3) is 5.91 Å². The number of carbonyl (C=O) groups excluding carboxylic acids is 3. The minimum absolute atomic E-state index is 0.0332. The van der Waals surface area contributed by atoms with Crippen molar-refractivity contribution in [3.05, 3.63) is 29.8 Å². The van der Waals surface area contributed by atoms with Crippen molar-refractivity contribution in [1.29, 1.82) is 0 Å². The van der Waals surface area contributed by atoms with Gasteiger partial charge >= 0.3 is 6.03 Å². The third-order valence-electron chi connectivity index (χ3n) is 4.96. The van der Waals surface area contributed by atoms with E-state index in [1.165, 1.54) is 0 Å². The largest absolute Gasteiger partial charge is 0.497 e. The van der Waals surface area contributed by atoms with E-state index in [4.69, 9.17) is 4.74 Å². The smallest absolute Gasteiger partial charge is 0.317 e. The van der Waals surface area contributed by atoms with Crippen molar-refractivity contribution in [3.63, 3.8) is 0 Å². The van der Waals surface area contributed by atoms with Crippen LogP contribution in [0, 0.1) is 5.92 Å². The number of likely N-dealkylation sites (tertiary alicyclic amines) is 1. The highest BCUT2D eigenvalue weighted by atomic mass is 16.5. The van der Waals surface area contributed by atoms with Gasteiger partial charge in [0.1, 0.15) is 11.8 Å². The Labute approximate surface area is 172 Å². The molecule has 1 aliphatic rings. The molecule has 0 aliphatic carbocycles. The van der Waals surface area contributed by atoms with Crippen molar-refractivity contribution >= 4 is 17.8 Å². The van der Waals surface area contributed by atoms with Crippen LogP contribution in [0.5, 0.6) is 5.75 Å². The number of carbonyl (C=O) groups is 3. The van der Waals surface area contributed by atoms with Crippen molar-refractivity contribution < 1.29 is 19.1 Å². The molecule has 1 heterocycles. The Morgan fingerprint density at radius 1 is 1.17 bits per heavy atom. The zero-order valence-corrected chi connectivity index (χ0v) is 17.7. The molecule has 2 rings (SSSR count). The number of methoxy groups -OCH3 is 1. The van der Waals surface area contributed by atoms with E-state index in [1.807, 2.05) is 20.8 Å². The molecule has 1 aliphatic heterocycles. The zero-order chi connectivity index (χ0) is 21.4. The maximum atomic E-state index is 12.8. The minimum atomic E-state index is -0.660. The standard InChI is InChI=1S/C21H32N4O4/c1-5-22-21(28)25-11-9-15(10-12-25)18(20(27)23-14(2)3)24-19(26)16-7-6-8-17(13-16)29-4/h6-8,13-15,18H,5,9-12H2,1-4H3,(H,22,28)(H,23,27)(H,24,26). The van der Waals surface area contributed by atoms with E-state index in [0.29, 0.717) is 43.8 Å². The lowest BCUT2D eigenvalue weighted by atomic mass is 9.88. The van der Waals surface area contributed by atoms with Gasteiger partial charge in [0.15, 0.2) is 0 Å². The summed E-state index contributed by atoms with van der Waals surface area (Å²) in [6.07, 6.45) is 1.29. The second-order valence-electron chi connectivity index (χ2n) is 7.51. The molecular weight excluding hydrogens is 372 g/mol. The molecule has 4 amide bonds. The Hall–Kier alpha value is -2.77. The summed E-state index contributed by atoms with van der Waals surface area (Å²) in [4.78, 5) is 39.4. The summed E-state index contributed by atoms with van der Waals surface area (Å²) in [6.45, 7) is 7.33. The van der Waals surface area contributed by atoms with Crippen molar-refractivity contribution in [2.24, 2.45) is 5.92 Å². The summed E-state index contributed by atoms with van der Waals surface area (Å²) in [7, 11) is 1.54. The van der Waals surface area contributed by atoms with Crippen LogP contribution in [-0.4, -0.2) is 61.6 Å². The Morgan fingerprint density at radius 3 is 2.45 bits per heavy atom. The highest BCUT2D eigenvalue weighted by Crippen LogP contribution is 2.22. The monoisotopic (exact) mass is 404 g/mol. The Bertz CT molecular complexity index is 714. The molecule has 8 heteroatoms. The Balaban J connectivity index is 2.10. The number of rotatable bonds is 7. The number of hydrogen-bond donors (Lipinski definition) is 3. The highest BCUT2D eigenvalue weighted by Gasteiger charge is 2.34. The molecule has 1 saturated heterocycles. The Kier molecular flexibility index (Phi) is 8.30. The van der Waals surface area contributed by atoms with E-state index in [-0.39, 0.29) is 29.8 Å². The maximum absolute atomic E-state index is 12.8. The normalized spacial score (nSPS) is 15.6. The van der Waals surface area contributed by atoms with Crippen molar-refractivity contribution in [2.45, 2.75) is 45.7 Å². The second kappa shape index (κ2) is 10.7. The molecule has 0 aromatic heterocycles. The molecule has 29 heavy (non-hydrogen) atoms. The van der Waals surface area contributed by atoms with Crippen molar-refractivity contribution in [1.82, 2.24) is 20.9 Å². The number of urea groups is 1. The van der Waals surface area contributed by atoms with Crippen LogP contribution in [0.4, 0.5) is 4.79 Å². The predicted octanol–water partition coefficient (Wildman–Crippen LogP) is 1.76. The zero-order valence-electron chi connectivity index (χ0n) is 17.7. The molecule has 0 spiro atoms. The number of ether oxygens (including phenoxy) is 1. The topological polar surface area (TPSA) is 99.8 Å². The van der Waals surface area contributed by atoms with Crippen LogP contribution >= 0.6 is 0 Å². The fourth-order valence-electron chi connectivity index (χ4n) is 3.46. The number of nitrogens with one attached hydrogen (secondary N) is 3. The molecular formula is C21H32N4O4. The molecule has 1 unspecified atom stereocenters. The first-order chi connectivity index (χ1) is 13.8. The van der Waals surface area contributed by atoms with E-state index in [9.17, 15) is 14.4 Å². The lowest BCUT2D eigenvalue weighted by molar-refractivity contribution is -0.125. The molecule has 160 valence electrons. The molecule has 0 bridgehead atoms. The van der Waals surface area contributed by atoms with Gasteiger partial charge in [0.05, 0.1) is 7.11 Å². The average Bonchev–Trinajstić information content (AvgIpc) is 2.71. The SMILES string of the molecule is CCNC(=O)N1CCC(C(NC(=O)c2cccc(OC)c2)C(=O)NC(C)C)CC1. The van der Waals surface area contributed by atoms with Gasteiger partial charge in [-0.25, -0.2) is 4.79 Å². The van der Waals surface area contributed by atoms with Gasteiger partial charge < -0.3 is 25.6 Å². The van der Waals surface area contributed by atoms with E-state index in [2.05, 4.69) is 16.0 Å². The van der Waals surface area contributed by atoms with E-state index < -0.39 is 6.04 Å². The quantitative estimate of drug-likeness (QED) is 0.645. The van der Waals surface area contributed by atoms with Gasteiger partial charge in [-0.3, -0.25) is 9.59 Å². The molecule has 8 nitrogen and oxygen atoms in total. The van der Waals surface area contributed by atoms with Crippen LogP contribution in [0.25, 0.3) is 0 Å². The van der Waals surface area contributed by atoms with Crippen LogP contribution in [-0.2, 0) is 4.79 Å². The summed E-state index contributed by atoms with van der Waals surface area (Å²) in [6, 6.07) is 6.05. The molecule has 1 fully saturated rings. The van der Waals surface area contributed by atoms with E-state index >= 15 is 0 Å². The highest BCUT2D eigenvalue weighted by molar-refractivity contribution is 5.98. The molecule has 1 atom stereocenters. The van der Waals surface area contributed by atoms with Gasteiger partial charge in [-0.15, -0.1) is 0 Å². The molecule has 0 saturated carbocycles.